The lowest BCUT2D eigenvalue weighted by Crippen LogP contribution is -2.38. The van der Waals surface area contributed by atoms with Crippen LogP contribution >= 0.6 is 24.0 Å². The number of aliphatic hydroxyl groups is 1. The van der Waals surface area contributed by atoms with Crippen LogP contribution < -0.4 is 10.6 Å². The van der Waals surface area contributed by atoms with Gasteiger partial charge in [0.25, 0.3) is 0 Å². The fraction of sp³-hybridized carbons (Fsp3) is 0.708. The third-order valence-electron chi connectivity index (χ3n) is 6.31. The molecule has 2 saturated heterocycles. The summed E-state index contributed by atoms with van der Waals surface area (Å²) in [5.74, 6) is 0.877. The number of rotatable bonds is 8. The van der Waals surface area contributed by atoms with Gasteiger partial charge in [0.15, 0.2) is 5.96 Å². The lowest BCUT2D eigenvalue weighted by Gasteiger charge is -2.29. The van der Waals surface area contributed by atoms with Crippen LogP contribution in [-0.4, -0.2) is 73.3 Å². The van der Waals surface area contributed by atoms with Crippen molar-refractivity contribution in [2.45, 2.75) is 64.1 Å². The summed E-state index contributed by atoms with van der Waals surface area (Å²) in [4.78, 5) is 9.39. The van der Waals surface area contributed by atoms with E-state index in [0.717, 1.165) is 57.9 Å². The highest BCUT2D eigenvalue weighted by atomic mass is 127. The van der Waals surface area contributed by atoms with E-state index < -0.39 is 0 Å². The first kappa shape index (κ1) is 26.4. The maximum absolute atomic E-state index is 9.64. The van der Waals surface area contributed by atoms with Crippen LogP contribution in [0, 0.1) is 0 Å². The number of aliphatic imine (C=N–C) groups is 1. The lowest BCUT2D eigenvalue weighted by molar-refractivity contribution is 0.0792. The second-order valence-electron chi connectivity index (χ2n) is 8.79. The van der Waals surface area contributed by atoms with Gasteiger partial charge in [0.05, 0.1) is 6.10 Å². The number of hydrogen-bond donors (Lipinski definition) is 3. The molecule has 2 aliphatic heterocycles. The number of likely N-dealkylation sites (tertiary alicyclic amines) is 2. The van der Waals surface area contributed by atoms with E-state index >= 15 is 0 Å². The maximum atomic E-state index is 9.64. The molecule has 0 aromatic heterocycles. The van der Waals surface area contributed by atoms with E-state index in [0.29, 0.717) is 0 Å². The molecule has 0 bridgehead atoms. The van der Waals surface area contributed by atoms with E-state index in [-0.39, 0.29) is 30.1 Å². The maximum Gasteiger partial charge on any atom is 0.191 e. The third-order valence-corrected chi connectivity index (χ3v) is 6.31. The van der Waals surface area contributed by atoms with Gasteiger partial charge in [-0.05, 0) is 62.9 Å². The number of guanidine groups is 1. The van der Waals surface area contributed by atoms with E-state index in [1.807, 2.05) is 7.05 Å². The molecule has 0 saturated carbocycles. The molecule has 0 aliphatic carbocycles. The number of nitrogens with one attached hydrogen (secondary N) is 2. The molecule has 6 nitrogen and oxygen atoms in total. The molecule has 2 fully saturated rings. The summed E-state index contributed by atoms with van der Waals surface area (Å²) in [7, 11) is 1.84. The van der Waals surface area contributed by atoms with Crippen LogP contribution in [0.25, 0.3) is 0 Å². The number of hydrogen-bond acceptors (Lipinski definition) is 4. The fourth-order valence-electron chi connectivity index (χ4n) is 4.37. The molecule has 0 unspecified atom stereocenters. The quantitative estimate of drug-likeness (QED) is 0.204. The average Bonchev–Trinajstić information content (AvgIpc) is 3.05. The van der Waals surface area contributed by atoms with Gasteiger partial charge >= 0.3 is 0 Å². The highest BCUT2D eigenvalue weighted by molar-refractivity contribution is 14.0. The Morgan fingerprint density at radius 1 is 0.935 bits per heavy atom. The van der Waals surface area contributed by atoms with Crippen LogP contribution in [0.5, 0.6) is 0 Å². The SMILES string of the molecule is CN=C(NCCCN1CCCCCC1)NCc1ccc(CN2CCC(O)CC2)cc1.I. The second kappa shape index (κ2) is 15.0. The van der Waals surface area contributed by atoms with Gasteiger partial charge in [-0.3, -0.25) is 9.89 Å². The second-order valence-corrected chi connectivity index (χ2v) is 8.79. The van der Waals surface area contributed by atoms with Crippen molar-refractivity contribution in [3.8, 4) is 0 Å². The summed E-state index contributed by atoms with van der Waals surface area (Å²) in [5.41, 5.74) is 2.60. The van der Waals surface area contributed by atoms with Gasteiger partial charge in [-0.1, -0.05) is 37.1 Å². The van der Waals surface area contributed by atoms with Crippen molar-refractivity contribution in [2.75, 3.05) is 46.3 Å². The van der Waals surface area contributed by atoms with Gasteiger partial charge in [0.2, 0.25) is 0 Å². The predicted molar refractivity (Wildman–Crippen MR) is 140 cm³/mol. The Hall–Kier alpha value is -0.900. The molecule has 2 heterocycles. The predicted octanol–water partition coefficient (Wildman–Crippen LogP) is 3.19. The monoisotopic (exact) mass is 543 g/mol. The van der Waals surface area contributed by atoms with Crippen LogP contribution in [0.3, 0.4) is 0 Å². The van der Waals surface area contributed by atoms with Crippen molar-refractivity contribution in [2.24, 2.45) is 4.99 Å². The fourth-order valence-corrected chi connectivity index (χ4v) is 4.37. The van der Waals surface area contributed by atoms with Crippen molar-refractivity contribution >= 4 is 29.9 Å². The Kier molecular flexibility index (Phi) is 12.8. The third kappa shape index (κ3) is 10.1. The highest BCUT2D eigenvalue weighted by Crippen LogP contribution is 2.14. The van der Waals surface area contributed by atoms with Gasteiger partial charge in [0.1, 0.15) is 0 Å². The minimum Gasteiger partial charge on any atom is -0.393 e. The number of aliphatic hydroxyl groups excluding tert-OH is 1. The number of nitrogens with zero attached hydrogens (tertiary/aromatic N) is 3. The van der Waals surface area contributed by atoms with Crippen molar-refractivity contribution in [1.82, 2.24) is 20.4 Å². The zero-order valence-electron chi connectivity index (χ0n) is 19.2. The van der Waals surface area contributed by atoms with Gasteiger partial charge in [-0.2, -0.15) is 0 Å². The smallest absolute Gasteiger partial charge is 0.191 e. The molecule has 7 heteroatoms. The molecule has 0 spiro atoms. The first-order valence-electron chi connectivity index (χ1n) is 11.9. The summed E-state index contributed by atoms with van der Waals surface area (Å²) in [5, 5.41) is 16.5. The molecular weight excluding hydrogens is 501 g/mol. The van der Waals surface area contributed by atoms with E-state index in [1.165, 1.54) is 56.4 Å². The van der Waals surface area contributed by atoms with Crippen molar-refractivity contribution in [3.63, 3.8) is 0 Å². The summed E-state index contributed by atoms with van der Waals surface area (Å²) in [6.45, 7) is 8.41. The Morgan fingerprint density at radius 3 is 2.23 bits per heavy atom. The molecule has 0 atom stereocenters. The Morgan fingerprint density at radius 2 is 1.58 bits per heavy atom. The van der Waals surface area contributed by atoms with Gasteiger partial charge in [-0.15, -0.1) is 24.0 Å². The lowest BCUT2D eigenvalue weighted by atomic mass is 10.1. The first-order valence-corrected chi connectivity index (χ1v) is 11.9. The zero-order valence-corrected chi connectivity index (χ0v) is 21.5. The van der Waals surface area contributed by atoms with Gasteiger partial charge in [-0.25, -0.2) is 0 Å². The Labute approximate surface area is 205 Å². The Bertz CT molecular complexity index is 623. The number of piperidine rings is 1. The standard InChI is InChI=1S/C24H41N5O.HI/c1-25-24(26-13-6-16-28-14-4-2-3-5-15-28)27-19-21-7-9-22(10-8-21)20-29-17-11-23(30)12-18-29;/h7-10,23,30H,2-6,11-20H2,1H3,(H2,25,26,27);1H. The summed E-state index contributed by atoms with van der Waals surface area (Å²) < 4.78 is 0. The Balaban J connectivity index is 0.00000341. The van der Waals surface area contributed by atoms with Crippen molar-refractivity contribution in [1.29, 1.82) is 0 Å². The minimum atomic E-state index is -0.105. The highest BCUT2D eigenvalue weighted by Gasteiger charge is 2.16. The molecule has 3 rings (SSSR count). The first-order chi connectivity index (χ1) is 14.7. The molecule has 0 amide bonds. The minimum absolute atomic E-state index is 0. The largest absolute Gasteiger partial charge is 0.393 e. The summed E-state index contributed by atoms with van der Waals surface area (Å²) >= 11 is 0. The molecule has 2 aliphatic rings. The van der Waals surface area contributed by atoms with E-state index in [4.69, 9.17) is 0 Å². The van der Waals surface area contributed by atoms with Crippen LogP contribution in [-0.2, 0) is 13.1 Å². The van der Waals surface area contributed by atoms with Gasteiger partial charge < -0.3 is 20.6 Å². The topological polar surface area (TPSA) is 63.1 Å². The average molecular weight is 544 g/mol. The van der Waals surface area contributed by atoms with E-state index in [9.17, 15) is 5.11 Å². The molecule has 3 N–H and O–H groups in total. The molecular formula is C24H42IN5O. The molecule has 0 radical (unpaired) electrons. The van der Waals surface area contributed by atoms with Crippen molar-refractivity contribution < 1.29 is 5.11 Å². The number of benzene rings is 1. The van der Waals surface area contributed by atoms with Crippen LogP contribution in [0.1, 0.15) is 56.1 Å². The number of halogens is 1. The van der Waals surface area contributed by atoms with Gasteiger partial charge in [0, 0.05) is 39.8 Å². The van der Waals surface area contributed by atoms with Crippen LogP contribution in [0.4, 0.5) is 0 Å². The molecule has 1 aromatic carbocycles. The van der Waals surface area contributed by atoms with Crippen molar-refractivity contribution in [3.05, 3.63) is 35.4 Å². The summed E-state index contributed by atoms with van der Waals surface area (Å²) in [6, 6.07) is 8.85. The normalized spacial score (nSPS) is 19.5. The summed E-state index contributed by atoms with van der Waals surface area (Å²) in [6.07, 6.45) is 8.35. The zero-order chi connectivity index (χ0) is 21.0. The van der Waals surface area contributed by atoms with Crippen LogP contribution in [0.15, 0.2) is 29.3 Å². The molecule has 31 heavy (non-hydrogen) atoms. The van der Waals surface area contributed by atoms with E-state index in [2.05, 4.69) is 49.7 Å². The molecule has 176 valence electrons. The van der Waals surface area contributed by atoms with Crippen LogP contribution in [0.2, 0.25) is 0 Å². The molecule has 1 aromatic rings. The van der Waals surface area contributed by atoms with E-state index in [1.54, 1.807) is 0 Å².